The van der Waals surface area contributed by atoms with E-state index < -0.39 is 10.0 Å². The van der Waals surface area contributed by atoms with E-state index in [1.54, 1.807) is 4.31 Å². The van der Waals surface area contributed by atoms with Crippen molar-refractivity contribution in [2.45, 2.75) is 58.2 Å². The van der Waals surface area contributed by atoms with E-state index in [1.165, 1.54) is 0 Å². The Hall–Kier alpha value is -0.170. The first kappa shape index (κ1) is 17.2. The number of ether oxygens (including phenoxy) is 2. The number of nitrogens with zero attached hydrogens (tertiary/aromatic N) is 1. The minimum atomic E-state index is -3.18. The first-order valence-corrected chi connectivity index (χ1v) is 9.79. The molecule has 1 atom stereocenters. The highest BCUT2D eigenvalue weighted by Crippen LogP contribution is 2.21. The second-order valence-electron chi connectivity index (χ2n) is 6.59. The minimum absolute atomic E-state index is 0.112. The fourth-order valence-electron chi connectivity index (χ4n) is 2.88. The quantitative estimate of drug-likeness (QED) is 0.751. The van der Waals surface area contributed by atoms with Gasteiger partial charge in [-0.3, -0.25) is 0 Å². The molecule has 0 aliphatic carbocycles. The fourth-order valence-corrected chi connectivity index (χ4v) is 4.60. The van der Waals surface area contributed by atoms with Gasteiger partial charge in [-0.1, -0.05) is 13.8 Å². The molecule has 0 radical (unpaired) electrons. The van der Waals surface area contributed by atoms with Gasteiger partial charge < -0.3 is 9.47 Å². The molecular formula is C15H29NO4S. The Morgan fingerprint density at radius 1 is 1.19 bits per heavy atom. The van der Waals surface area contributed by atoms with Crippen molar-refractivity contribution in [2.75, 3.05) is 32.1 Å². The van der Waals surface area contributed by atoms with Crippen LogP contribution in [0.4, 0.5) is 0 Å². The molecule has 0 aromatic carbocycles. The lowest BCUT2D eigenvalue weighted by molar-refractivity contribution is 0.00660. The van der Waals surface area contributed by atoms with E-state index in [0.717, 1.165) is 38.7 Å². The summed E-state index contributed by atoms with van der Waals surface area (Å²) in [5.41, 5.74) is 0. The molecule has 2 fully saturated rings. The van der Waals surface area contributed by atoms with Gasteiger partial charge in [-0.05, 0) is 38.0 Å². The van der Waals surface area contributed by atoms with E-state index in [2.05, 4.69) is 13.8 Å². The van der Waals surface area contributed by atoms with Crippen LogP contribution in [0.15, 0.2) is 0 Å². The molecule has 5 nitrogen and oxygen atoms in total. The highest BCUT2D eigenvalue weighted by atomic mass is 32.2. The molecule has 0 aromatic rings. The Balaban J connectivity index is 1.77. The Bertz CT molecular complexity index is 396. The third-order valence-electron chi connectivity index (χ3n) is 4.13. The number of hydrogen-bond donors (Lipinski definition) is 0. The largest absolute Gasteiger partial charge is 0.378 e. The van der Waals surface area contributed by atoms with Crippen molar-refractivity contribution in [3.63, 3.8) is 0 Å². The highest BCUT2D eigenvalue weighted by molar-refractivity contribution is 7.89. The maximum atomic E-state index is 12.4. The SMILES string of the molecule is CC(C)COC1CCN(S(=O)(=O)C[C@@H]2CCCCO2)CC1. The van der Waals surface area contributed by atoms with Crippen LogP contribution in [0.3, 0.4) is 0 Å². The summed E-state index contributed by atoms with van der Waals surface area (Å²) >= 11 is 0. The molecule has 2 rings (SSSR count). The number of hydrogen-bond acceptors (Lipinski definition) is 4. The zero-order chi connectivity index (χ0) is 15.3. The predicted octanol–water partition coefficient (Wildman–Crippen LogP) is 2.02. The molecule has 0 aromatic heterocycles. The van der Waals surface area contributed by atoms with Crippen LogP contribution >= 0.6 is 0 Å². The Kier molecular flexibility index (Phi) is 6.47. The van der Waals surface area contributed by atoms with Crippen LogP contribution in [-0.4, -0.2) is 57.0 Å². The van der Waals surface area contributed by atoms with Gasteiger partial charge in [0, 0.05) is 26.3 Å². The Morgan fingerprint density at radius 3 is 2.48 bits per heavy atom. The van der Waals surface area contributed by atoms with E-state index in [9.17, 15) is 8.42 Å². The lowest BCUT2D eigenvalue weighted by atomic mass is 10.1. The van der Waals surface area contributed by atoms with Gasteiger partial charge in [-0.2, -0.15) is 0 Å². The third kappa shape index (κ3) is 5.51. The van der Waals surface area contributed by atoms with E-state index in [-0.39, 0.29) is 18.0 Å². The first-order valence-electron chi connectivity index (χ1n) is 8.18. The standard InChI is InChI=1S/C15H29NO4S/c1-13(2)11-20-14-6-8-16(9-7-14)21(17,18)12-15-5-3-4-10-19-15/h13-15H,3-12H2,1-2H3/t15-/m0/s1. The maximum Gasteiger partial charge on any atom is 0.216 e. The van der Waals surface area contributed by atoms with Gasteiger partial charge in [0.1, 0.15) is 0 Å². The van der Waals surface area contributed by atoms with Gasteiger partial charge >= 0.3 is 0 Å². The topological polar surface area (TPSA) is 55.8 Å². The van der Waals surface area contributed by atoms with Crippen LogP contribution in [0.1, 0.15) is 46.0 Å². The van der Waals surface area contributed by atoms with E-state index >= 15 is 0 Å². The predicted molar refractivity (Wildman–Crippen MR) is 82.8 cm³/mol. The normalized spacial score (nSPS) is 26.3. The molecule has 2 aliphatic rings. The molecule has 0 spiro atoms. The molecule has 0 unspecified atom stereocenters. The highest BCUT2D eigenvalue weighted by Gasteiger charge is 2.31. The summed E-state index contributed by atoms with van der Waals surface area (Å²) in [6.07, 6.45) is 4.70. The Labute approximate surface area is 129 Å². The smallest absolute Gasteiger partial charge is 0.216 e. The first-order chi connectivity index (χ1) is 9.97. The van der Waals surface area contributed by atoms with Crippen LogP contribution < -0.4 is 0 Å². The van der Waals surface area contributed by atoms with Gasteiger partial charge in [-0.15, -0.1) is 0 Å². The average Bonchev–Trinajstić information content (AvgIpc) is 2.46. The summed E-state index contributed by atoms with van der Waals surface area (Å²) in [6.45, 7) is 6.88. The average molecular weight is 319 g/mol. The lowest BCUT2D eigenvalue weighted by Gasteiger charge is -2.33. The molecule has 0 N–H and O–H groups in total. The van der Waals surface area contributed by atoms with Crippen LogP contribution in [0.2, 0.25) is 0 Å². The van der Waals surface area contributed by atoms with Crippen molar-refractivity contribution in [3.05, 3.63) is 0 Å². The van der Waals surface area contributed by atoms with Crippen molar-refractivity contribution in [1.82, 2.24) is 4.31 Å². The zero-order valence-corrected chi connectivity index (χ0v) is 14.1. The van der Waals surface area contributed by atoms with E-state index in [4.69, 9.17) is 9.47 Å². The van der Waals surface area contributed by atoms with Crippen LogP contribution in [0.5, 0.6) is 0 Å². The van der Waals surface area contributed by atoms with Crippen LogP contribution in [0.25, 0.3) is 0 Å². The van der Waals surface area contributed by atoms with Gasteiger partial charge in [-0.25, -0.2) is 12.7 Å². The Morgan fingerprint density at radius 2 is 1.90 bits per heavy atom. The van der Waals surface area contributed by atoms with Crippen molar-refractivity contribution in [1.29, 1.82) is 0 Å². The van der Waals surface area contributed by atoms with Crippen molar-refractivity contribution >= 4 is 10.0 Å². The third-order valence-corrected chi connectivity index (χ3v) is 6.08. The molecule has 21 heavy (non-hydrogen) atoms. The molecule has 2 aliphatic heterocycles. The molecule has 2 heterocycles. The van der Waals surface area contributed by atoms with E-state index in [1.807, 2.05) is 0 Å². The zero-order valence-electron chi connectivity index (χ0n) is 13.3. The van der Waals surface area contributed by atoms with Crippen LogP contribution in [0, 0.1) is 5.92 Å². The monoisotopic (exact) mass is 319 g/mol. The molecular weight excluding hydrogens is 290 g/mol. The molecule has 2 saturated heterocycles. The molecule has 0 bridgehead atoms. The van der Waals surface area contributed by atoms with Crippen LogP contribution in [-0.2, 0) is 19.5 Å². The molecule has 0 amide bonds. The minimum Gasteiger partial charge on any atom is -0.378 e. The molecule has 6 heteroatoms. The summed E-state index contributed by atoms with van der Waals surface area (Å²) in [5, 5.41) is 0. The number of sulfonamides is 1. The maximum absolute atomic E-state index is 12.4. The fraction of sp³-hybridized carbons (Fsp3) is 1.00. The van der Waals surface area contributed by atoms with Gasteiger partial charge in [0.2, 0.25) is 10.0 Å². The lowest BCUT2D eigenvalue weighted by Crippen LogP contribution is -2.44. The van der Waals surface area contributed by atoms with Crippen molar-refractivity contribution < 1.29 is 17.9 Å². The number of rotatable bonds is 6. The number of piperidine rings is 1. The van der Waals surface area contributed by atoms with Gasteiger partial charge in [0.05, 0.1) is 18.0 Å². The van der Waals surface area contributed by atoms with Crippen molar-refractivity contribution in [3.8, 4) is 0 Å². The summed E-state index contributed by atoms with van der Waals surface area (Å²) in [7, 11) is -3.18. The summed E-state index contributed by atoms with van der Waals surface area (Å²) < 4.78 is 37.9. The summed E-state index contributed by atoms with van der Waals surface area (Å²) in [5.74, 6) is 0.667. The van der Waals surface area contributed by atoms with Crippen molar-refractivity contribution in [2.24, 2.45) is 5.92 Å². The summed E-state index contributed by atoms with van der Waals surface area (Å²) in [4.78, 5) is 0. The van der Waals surface area contributed by atoms with Gasteiger partial charge in [0.25, 0.3) is 0 Å². The van der Waals surface area contributed by atoms with Gasteiger partial charge in [0.15, 0.2) is 0 Å². The van der Waals surface area contributed by atoms with E-state index in [0.29, 0.717) is 25.6 Å². The molecule has 124 valence electrons. The summed E-state index contributed by atoms with van der Waals surface area (Å²) in [6, 6.07) is 0. The molecule has 0 saturated carbocycles. The second kappa shape index (κ2) is 7.90. The second-order valence-corrected chi connectivity index (χ2v) is 8.61.